The lowest BCUT2D eigenvalue weighted by atomic mass is 9.87. The van der Waals surface area contributed by atoms with Gasteiger partial charge in [-0.25, -0.2) is 28.6 Å². The molecule has 2 aromatic rings. The summed E-state index contributed by atoms with van der Waals surface area (Å²) in [7, 11) is -16.4. The van der Waals surface area contributed by atoms with Crippen molar-refractivity contribution in [1.82, 2.24) is 30.2 Å². The fourth-order valence-electron chi connectivity index (χ4n) is 7.06. The summed E-state index contributed by atoms with van der Waals surface area (Å²) in [4.78, 5) is 101. The molecule has 1 aliphatic heterocycles. The molecule has 2 fully saturated rings. The van der Waals surface area contributed by atoms with E-state index < -0.39 is 84.6 Å². The van der Waals surface area contributed by atoms with Gasteiger partial charge in [-0.3, -0.25) is 37.3 Å². The summed E-state index contributed by atoms with van der Waals surface area (Å²) in [6.45, 7) is 2.48. The van der Waals surface area contributed by atoms with E-state index in [4.69, 9.17) is 19.5 Å². The number of nitrogens with zero attached hydrogens (tertiary/aromatic N) is 4. The molecule has 10 N–H and O–H groups in total. The van der Waals surface area contributed by atoms with Crippen LogP contribution in [0.4, 0.5) is 5.82 Å². The Labute approximate surface area is 384 Å². The van der Waals surface area contributed by atoms with E-state index in [0.29, 0.717) is 30.3 Å². The van der Waals surface area contributed by atoms with Gasteiger partial charge in [0.1, 0.15) is 42.0 Å². The maximum Gasteiger partial charge on any atom is 0.481 e. The number of nitrogen functional groups attached to an aromatic ring is 1. The number of aliphatic hydroxyl groups excluding tert-OH is 2. The van der Waals surface area contributed by atoms with Gasteiger partial charge in [0.15, 0.2) is 17.7 Å². The van der Waals surface area contributed by atoms with Gasteiger partial charge >= 0.3 is 23.5 Å². The van der Waals surface area contributed by atoms with Gasteiger partial charge in [-0.05, 0) is 50.5 Å². The molecular formula is C37H58N7O18P3S. The third-order valence-electron chi connectivity index (χ3n) is 10.5. The number of aromatic nitrogens is 4. The monoisotopic (exact) mass is 1010 g/mol. The molecule has 2 amide bonds. The van der Waals surface area contributed by atoms with Crippen molar-refractivity contribution in [2.75, 3.05) is 37.8 Å². The highest BCUT2D eigenvalue weighted by molar-refractivity contribution is 8.14. The number of nitrogens with one attached hydrogen (secondary N) is 2. The van der Waals surface area contributed by atoms with E-state index in [-0.39, 0.29) is 47.5 Å². The summed E-state index contributed by atoms with van der Waals surface area (Å²) >= 11 is 1.03. The summed E-state index contributed by atoms with van der Waals surface area (Å²) in [5.74, 6) is -0.392. The number of rotatable bonds is 27. The Kier molecular flexibility index (Phi) is 20.8. The lowest BCUT2D eigenvalue weighted by molar-refractivity contribution is -0.137. The standard InChI is InChI=1S/C37H58N7O18P3S/c1-4-5-7-11-24-23(13-14-25(24)45)10-8-6-9-12-28(47)66-18-17-39-27(46)15-16-40-35(50)32(49)37(2,3)20-59-65(56,57)62-64(54,55)58-19-26-31(61-63(51,52)53)30(48)36(60-26)44-22-43-29-33(38)41-21-42-34(29)44/h5,7,9,12,21-24,26,30-32,36,48-49H,4,6,8,10-11,13-20H2,1-3H3,(H,39,46)(H,40,50)(H,54,55)(H,56,57)(H2,38,41,42)(H2,51,52,53)/b7-5-,12-9+/t23-,24-,26+,30+,31+,32-,36+/m0/s1. The van der Waals surface area contributed by atoms with Crippen LogP contribution in [0.15, 0.2) is 37.0 Å². The highest BCUT2D eigenvalue weighted by atomic mass is 32.2. The highest BCUT2D eigenvalue weighted by Crippen LogP contribution is 2.61. The maximum absolute atomic E-state index is 12.7. The van der Waals surface area contributed by atoms with E-state index in [1.165, 1.54) is 19.9 Å². The number of unbranched alkanes of at least 4 members (excludes halogenated alkanes) is 1. The zero-order chi connectivity index (χ0) is 48.9. The summed E-state index contributed by atoms with van der Waals surface area (Å²) in [5, 5.41) is 26.4. The number of hydrogen-bond donors (Lipinski definition) is 9. The first-order valence-electron chi connectivity index (χ1n) is 20.8. The van der Waals surface area contributed by atoms with E-state index in [1.54, 1.807) is 0 Å². The third kappa shape index (κ3) is 17.0. The van der Waals surface area contributed by atoms with Crippen LogP contribution in [0.25, 0.3) is 11.2 Å². The topological polar surface area (TPSA) is 381 Å². The smallest absolute Gasteiger partial charge is 0.386 e. The minimum atomic E-state index is -5.59. The summed E-state index contributed by atoms with van der Waals surface area (Å²) in [5.41, 5.74) is 4.25. The Morgan fingerprint density at radius 1 is 1.06 bits per heavy atom. The number of hydrogen-bond acceptors (Lipinski definition) is 19. The van der Waals surface area contributed by atoms with Crippen LogP contribution in [-0.2, 0) is 55.5 Å². The van der Waals surface area contributed by atoms with E-state index >= 15 is 0 Å². The highest BCUT2D eigenvalue weighted by Gasteiger charge is 2.50. The molecule has 1 saturated heterocycles. The van der Waals surface area contributed by atoms with Crippen LogP contribution in [-0.4, -0.2) is 128 Å². The lowest BCUT2D eigenvalue weighted by Gasteiger charge is -2.30. The molecule has 2 aromatic heterocycles. The first-order valence-corrected chi connectivity index (χ1v) is 26.3. The molecular weight excluding hydrogens is 955 g/mol. The summed E-state index contributed by atoms with van der Waals surface area (Å²) < 4.78 is 62.4. The molecule has 9 atom stereocenters. The van der Waals surface area contributed by atoms with Crippen LogP contribution in [0.3, 0.4) is 0 Å². The molecule has 1 saturated carbocycles. The average molecular weight is 1010 g/mol. The Morgan fingerprint density at radius 2 is 1.79 bits per heavy atom. The zero-order valence-electron chi connectivity index (χ0n) is 36.4. The van der Waals surface area contributed by atoms with E-state index in [2.05, 4.69) is 53.5 Å². The quantitative estimate of drug-likeness (QED) is 0.0268. The second-order valence-corrected chi connectivity index (χ2v) is 21.4. The van der Waals surface area contributed by atoms with Gasteiger partial charge < -0.3 is 50.9 Å². The molecule has 29 heteroatoms. The van der Waals surface area contributed by atoms with Gasteiger partial charge in [-0.15, -0.1) is 0 Å². The SMILES string of the molecule is CC/C=C\C[C@@H]1C(=O)CC[C@@H]1CCC/C=C/C(=O)SCCNC(=O)CCNC(=O)[C@H](O)C(C)(C)COP(=O)(O)OP(=O)(O)OC[C@H]1O[C@@H](n2cnc3c(N)ncnc32)[C@H](O)[C@@H]1OP(=O)(O)O. The Hall–Kier alpha value is -3.29. The van der Waals surface area contributed by atoms with Gasteiger partial charge in [0, 0.05) is 43.0 Å². The number of allylic oxidation sites excluding steroid dienone is 3. The number of aliphatic hydroxyl groups is 2. The first-order chi connectivity index (χ1) is 30.9. The average Bonchev–Trinajstić information content (AvgIpc) is 3.91. The maximum atomic E-state index is 12.7. The molecule has 370 valence electrons. The van der Waals surface area contributed by atoms with Crippen molar-refractivity contribution in [1.29, 1.82) is 0 Å². The van der Waals surface area contributed by atoms with Crippen LogP contribution in [0, 0.1) is 17.3 Å². The van der Waals surface area contributed by atoms with E-state index in [9.17, 15) is 62.7 Å². The second-order valence-electron chi connectivity index (χ2n) is 16.1. The number of carbonyl (C=O) groups is 4. The Morgan fingerprint density at radius 3 is 2.50 bits per heavy atom. The number of amides is 2. The fraction of sp³-hybridized carbons (Fsp3) is 0.649. The molecule has 66 heavy (non-hydrogen) atoms. The molecule has 0 radical (unpaired) electrons. The second kappa shape index (κ2) is 24.8. The Balaban J connectivity index is 1.13. The number of fused-ring (bicyclic) bond motifs is 1. The molecule has 3 heterocycles. The Bertz CT molecular complexity index is 2210. The van der Waals surface area contributed by atoms with Crippen LogP contribution in [0.5, 0.6) is 0 Å². The van der Waals surface area contributed by atoms with Crippen LogP contribution in [0.1, 0.15) is 78.4 Å². The molecule has 0 bridgehead atoms. The van der Waals surface area contributed by atoms with Crippen molar-refractivity contribution in [3.63, 3.8) is 0 Å². The lowest BCUT2D eigenvalue weighted by Crippen LogP contribution is -2.46. The fourth-order valence-corrected chi connectivity index (χ4v) is 10.5. The van der Waals surface area contributed by atoms with Crippen molar-refractivity contribution >= 4 is 74.9 Å². The number of phosphoric ester groups is 3. The predicted octanol–water partition coefficient (Wildman–Crippen LogP) is 2.34. The number of imidazole rings is 1. The van der Waals surface area contributed by atoms with Gasteiger partial charge in [-0.1, -0.05) is 50.8 Å². The number of anilines is 1. The zero-order valence-corrected chi connectivity index (χ0v) is 39.9. The van der Waals surface area contributed by atoms with Crippen molar-refractivity contribution < 1.29 is 85.3 Å². The van der Waals surface area contributed by atoms with Crippen LogP contribution >= 0.6 is 35.2 Å². The van der Waals surface area contributed by atoms with Crippen LogP contribution in [0.2, 0.25) is 0 Å². The number of Topliss-reactive ketones (excluding diaryl/α,β-unsaturated/α-hetero) is 1. The number of phosphoric acid groups is 3. The molecule has 2 aliphatic rings. The normalized spacial score (nSPS) is 23.9. The number of thioether (sulfide) groups is 1. The predicted molar refractivity (Wildman–Crippen MR) is 235 cm³/mol. The molecule has 0 aromatic carbocycles. The molecule has 25 nitrogen and oxygen atoms in total. The number of ketones is 1. The minimum absolute atomic E-state index is 0.0267. The summed E-state index contributed by atoms with van der Waals surface area (Å²) in [6, 6.07) is 0. The van der Waals surface area contributed by atoms with Gasteiger partial charge in [0.25, 0.3) is 0 Å². The minimum Gasteiger partial charge on any atom is -0.386 e. The van der Waals surface area contributed by atoms with Gasteiger partial charge in [-0.2, -0.15) is 4.31 Å². The van der Waals surface area contributed by atoms with Crippen molar-refractivity contribution in [2.24, 2.45) is 17.3 Å². The number of ether oxygens (including phenoxy) is 1. The van der Waals surface area contributed by atoms with E-state index in [0.717, 1.165) is 61.1 Å². The molecule has 2 unspecified atom stereocenters. The largest absolute Gasteiger partial charge is 0.481 e. The van der Waals surface area contributed by atoms with Gasteiger partial charge in [0.2, 0.25) is 16.9 Å². The van der Waals surface area contributed by atoms with E-state index in [1.807, 2.05) is 6.08 Å². The van der Waals surface area contributed by atoms with Crippen molar-refractivity contribution in [2.45, 2.75) is 103 Å². The number of carbonyl (C=O) groups excluding carboxylic acids is 4. The summed E-state index contributed by atoms with van der Waals surface area (Å²) in [6.07, 6.45) is 6.29. The van der Waals surface area contributed by atoms with Crippen molar-refractivity contribution in [3.05, 3.63) is 37.0 Å². The first kappa shape index (κ1) is 55.3. The molecule has 0 spiro atoms. The van der Waals surface area contributed by atoms with Crippen molar-refractivity contribution in [3.8, 4) is 0 Å². The molecule has 4 rings (SSSR count). The van der Waals surface area contributed by atoms with Gasteiger partial charge in [0.05, 0.1) is 19.5 Å². The van der Waals surface area contributed by atoms with Crippen LogP contribution < -0.4 is 16.4 Å². The number of nitrogens with two attached hydrogens (primary N) is 1. The molecule has 1 aliphatic carbocycles. The third-order valence-corrected chi connectivity index (χ3v) is 14.4.